The van der Waals surface area contributed by atoms with Gasteiger partial charge >= 0.3 is 0 Å². The molecule has 1 aromatic carbocycles. The zero-order valence-corrected chi connectivity index (χ0v) is 17.3. The first kappa shape index (κ1) is 19.2. The monoisotopic (exact) mass is 379 g/mol. The van der Waals surface area contributed by atoms with Crippen LogP contribution in [-0.4, -0.2) is 40.0 Å². The summed E-state index contributed by atoms with van der Waals surface area (Å²) >= 11 is 1.66. The van der Waals surface area contributed by atoms with Crippen LogP contribution in [0.4, 0.5) is 5.69 Å². The highest BCUT2D eigenvalue weighted by atomic mass is 32.1. The number of nitrogens with zero attached hydrogens (tertiary/aromatic N) is 5. The van der Waals surface area contributed by atoms with Crippen LogP contribution in [-0.2, 0) is 6.42 Å². The van der Waals surface area contributed by atoms with Crippen molar-refractivity contribution in [2.75, 3.05) is 13.6 Å². The van der Waals surface area contributed by atoms with E-state index in [-0.39, 0.29) is 0 Å². The van der Waals surface area contributed by atoms with E-state index >= 15 is 0 Å². The summed E-state index contributed by atoms with van der Waals surface area (Å²) in [4.78, 5) is 11.4. The third-order valence-electron chi connectivity index (χ3n) is 4.50. The molecule has 140 valence electrons. The predicted octanol–water partition coefficient (Wildman–Crippen LogP) is 4.73. The fourth-order valence-corrected chi connectivity index (χ4v) is 3.45. The zero-order valence-electron chi connectivity index (χ0n) is 16.5. The van der Waals surface area contributed by atoms with E-state index in [2.05, 4.69) is 58.4 Å². The minimum Gasteiger partial charge on any atom is -0.366 e. The van der Waals surface area contributed by atoms with Crippen LogP contribution in [0.25, 0.3) is 11.4 Å². The molecule has 27 heavy (non-hydrogen) atoms. The second kappa shape index (κ2) is 8.39. The van der Waals surface area contributed by atoms with Crippen molar-refractivity contribution < 1.29 is 0 Å². The molecule has 0 saturated heterocycles. The van der Waals surface area contributed by atoms with Gasteiger partial charge in [0, 0.05) is 25.4 Å². The molecule has 0 radical (unpaired) electrons. The minimum absolute atomic E-state index is 0.815. The minimum atomic E-state index is 0.815. The number of hydrogen-bond acceptors (Lipinski definition) is 5. The number of hydrogen-bond donors (Lipinski definition) is 0. The van der Waals surface area contributed by atoms with Gasteiger partial charge < -0.3 is 4.90 Å². The molecule has 0 unspecified atom stereocenters. The summed E-state index contributed by atoms with van der Waals surface area (Å²) in [6.45, 7) is 9.23. The fraction of sp³-hybridized carbons (Fsp3) is 0.333. The number of benzene rings is 1. The van der Waals surface area contributed by atoms with Crippen LogP contribution in [0.15, 0.2) is 34.6 Å². The lowest BCUT2D eigenvalue weighted by Gasteiger charge is -2.11. The Morgan fingerprint density at radius 1 is 1.07 bits per heavy atom. The molecule has 0 aliphatic carbocycles. The summed E-state index contributed by atoms with van der Waals surface area (Å²) in [6, 6.07) is 8.31. The SMILES string of the molecule is CCN(C)/C=N\c1cc(C)c(Cc2nc(-c3ccc(C)nn3)cs2)cc1C. The lowest BCUT2D eigenvalue weighted by molar-refractivity contribution is 0.552. The van der Waals surface area contributed by atoms with E-state index in [9.17, 15) is 0 Å². The van der Waals surface area contributed by atoms with Gasteiger partial charge in [0.2, 0.25) is 0 Å². The van der Waals surface area contributed by atoms with Crippen molar-refractivity contribution in [1.29, 1.82) is 0 Å². The van der Waals surface area contributed by atoms with Gasteiger partial charge in [-0.1, -0.05) is 6.07 Å². The Labute approximate surface area is 164 Å². The number of aliphatic imine (C=N–C) groups is 1. The third-order valence-corrected chi connectivity index (χ3v) is 5.35. The maximum Gasteiger partial charge on any atom is 0.112 e. The number of aromatic nitrogens is 3. The molecule has 5 nitrogen and oxygen atoms in total. The Kier molecular flexibility index (Phi) is 5.96. The van der Waals surface area contributed by atoms with Crippen molar-refractivity contribution in [1.82, 2.24) is 20.1 Å². The van der Waals surface area contributed by atoms with Gasteiger partial charge in [0.15, 0.2) is 0 Å². The molecule has 2 aromatic heterocycles. The molecule has 0 bridgehead atoms. The Balaban J connectivity index is 1.79. The van der Waals surface area contributed by atoms with Crippen LogP contribution in [0.2, 0.25) is 0 Å². The molecule has 0 N–H and O–H groups in total. The Hall–Kier alpha value is -2.60. The Morgan fingerprint density at radius 2 is 1.89 bits per heavy atom. The molecule has 3 rings (SSSR count). The van der Waals surface area contributed by atoms with Crippen molar-refractivity contribution in [2.24, 2.45) is 4.99 Å². The second-order valence-corrected chi connectivity index (χ2v) is 7.69. The van der Waals surface area contributed by atoms with E-state index in [1.54, 1.807) is 11.3 Å². The molecule has 2 heterocycles. The lowest BCUT2D eigenvalue weighted by atomic mass is 10.0. The maximum atomic E-state index is 4.75. The van der Waals surface area contributed by atoms with Gasteiger partial charge in [-0.3, -0.25) is 0 Å². The van der Waals surface area contributed by atoms with Crippen LogP contribution >= 0.6 is 11.3 Å². The first-order chi connectivity index (χ1) is 13.0. The summed E-state index contributed by atoms with van der Waals surface area (Å²) in [5.41, 5.74) is 7.34. The highest BCUT2D eigenvalue weighted by Gasteiger charge is 2.10. The summed E-state index contributed by atoms with van der Waals surface area (Å²) in [6.07, 6.45) is 2.70. The van der Waals surface area contributed by atoms with Gasteiger partial charge in [0.1, 0.15) is 11.4 Å². The summed E-state index contributed by atoms with van der Waals surface area (Å²) in [5.74, 6) is 0. The average molecular weight is 380 g/mol. The molecule has 6 heteroatoms. The first-order valence-corrected chi connectivity index (χ1v) is 9.94. The van der Waals surface area contributed by atoms with Crippen molar-refractivity contribution in [3.8, 4) is 11.4 Å². The molecule has 0 spiro atoms. The van der Waals surface area contributed by atoms with Gasteiger partial charge in [0.05, 0.1) is 22.7 Å². The molecular formula is C21H25N5S. The van der Waals surface area contributed by atoms with E-state index < -0.39 is 0 Å². The molecular weight excluding hydrogens is 354 g/mol. The largest absolute Gasteiger partial charge is 0.366 e. The van der Waals surface area contributed by atoms with E-state index in [4.69, 9.17) is 4.98 Å². The molecule has 0 amide bonds. The summed E-state index contributed by atoms with van der Waals surface area (Å²) in [5, 5.41) is 11.5. The molecule has 0 atom stereocenters. The van der Waals surface area contributed by atoms with Crippen LogP contribution < -0.4 is 0 Å². The van der Waals surface area contributed by atoms with Gasteiger partial charge in [0.25, 0.3) is 0 Å². The quantitative estimate of drug-likeness (QED) is 0.459. The highest BCUT2D eigenvalue weighted by molar-refractivity contribution is 7.10. The number of aryl methyl sites for hydroxylation is 3. The van der Waals surface area contributed by atoms with E-state index in [1.807, 2.05) is 32.4 Å². The maximum absolute atomic E-state index is 4.75. The summed E-state index contributed by atoms with van der Waals surface area (Å²) in [7, 11) is 2.03. The van der Waals surface area contributed by atoms with E-state index in [0.29, 0.717) is 0 Å². The van der Waals surface area contributed by atoms with Gasteiger partial charge in [-0.25, -0.2) is 9.98 Å². The van der Waals surface area contributed by atoms with E-state index in [0.717, 1.165) is 40.7 Å². The van der Waals surface area contributed by atoms with E-state index in [1.165, 1.54) is 16.7 Å². The van der Waals surface area contributed by atoms with Crippen molar-refractivity contribution >= 4 is 23.4 Å². The average Bonchev–Trinajstić information content (AvgIpc) is 3.12. The number of thiazole rings is 1. The standard InChI is InChI=1S/C21H25N5S/c1-6-26(5)13-22-19-10-14(2)17(9-15(19)3)11-21-23-20(12-27-21)18-8-7-16(4)24-25-18/h7-10,12-13H,6,11H2,1-5H3/b22-13-. The smallest absolute Gasteiger partial charge is 0.112 e. The molecule has 3 aromatic rings. The number of rotatable bonds is 6. The Bertz CT molecular complexity index is 944. The van der Waals surface area contributed by atoms with Crippen LogP contribution in [0, 0.1) is 20.8 Å². The fourth-order valence-electron chi connectivity index (χ4n) is 2.64. The second-order valence-electron chi connectivity index (χ2n) is 6.75. The Morgan fingerprint density at radius 3 is 2.59 bits per heavy atom. The predicted molar refractivity (Wildman–Crippen MR) is 113 cm³/mol. The van der Waals surface area contributed by atoms with Crippen LogP contribution in [0.5, 0.6) is 0 Å². The summed E-state index contributed by atoms with van der Waals surface area (Å²) < 4.78 is 0. The van der Waals surface area contributed by atoms with Gasteiger partial charge in [-0.15, -0.1) is 16.4 Å². The van der Waals surface area contributed by atoms with Crippen LogP contribution in [0.3, 0.4) is 0 Å². The zero-order chi connectivity index (χ0) is 19.4. The third kappa shape index (κ3) is 4.77. The molecule has 0 saturated carbocycles. The van der Waals surface area contributed by atoms with Crippen molar-refractivity contribution in [3.63, 3.8) is 0 Å². The van der Waals surface area contributed by atoms with Crippen molar-refractivity contribution in [3.05, 3.63) is 57.0 Å². The van der Waals surface area contributed by atoms with Crippen molar-refractivity contribution in [2.45, 2.75) is 34.1 Å². The molecule has 0 aliphatic rings. The van der Waals surface area contributed by atoms with Gasteiger partial charge in [-0.05, 0) is 62.6 Å². The molecule has 0 aliphatic heterocycles. The topological polar surface area (TPSA) is 54.3 Å². The van der Waals surface area contributed by atoms with Crippen LogP contribution in [0.1, 0.15) is 34.3 Å². The molecule has 0 fully saturated rings. The van der Waals surface area contributed by atoms with Gasteiger partial charge in [-0.2, -0.15) is 5.10 Å². The highest BCUT2D eigenvalue weighted by Crippen LogP contribution is 2.27. The lowest BCUT2D eigenvalue weighted by Crippen LogP contribution is -2.14. The first-order valence-electron chi connectivity index (χ1n) is 9.06. The normalized spacial score (nSPS) is 11.3.